The number of aromatic nitrogens is 2. The third-order valence-electron chi connectivity index (χ3n) is 7.89. The fraction of sp³-hybridized carbons (Fsp3) is 0.462. The van der Waals surface area contributed by atoms with Gasteiger partial charge in [0.1, 0.15) is 17.4 Å². The van der Waals surface area contributed by atoms with Gasteiger partial charge in [0, 0.05) is 48.6 Å². The van der Waals surface area contributed by atoms with E-state index < -0.39 is 0 Å². The van der Waals surface area contributed by atoms with Crippen molar-refractivity contribution < 1.29 is 9.53 Å². The summed E-state index contributed by atoms with van der Waals surface area (Å²) in [4.78, 5) is 27.4. The Labute approximate surface area is 187 Å². The van der Waals surface area contributed by atoms with Gasteiger partial charge in [-0.25, -0.2) is 0 Å². The number of fused-ring (bicyclic) bond motifs is 1. The zero-order valence-electron chi connectivity index (χ0n) is 18.6. The first kappa shape index (κ1) is 19.6. The molecule has 2 heterocycles. The van der Waals surface area contributed by atoms with E-state index in [-0.39, 0.29) is 17.6 Å². The van der Waals surface area contributed by atoms with Crippen LogP contribution in [0.1, 0.15) is 39.0 Å². The number of nitrogens with one attached hydrogen (secondary N) is 2. The van der Waals surface area contributed by atoms with E-state index >= 15 is 0 Å². The van der Waals surface area contributed by atoms with Gasteiger partial charge in [-0.1, -0.05) is 0 Å². The van der Waals surface area contributed by atoms with Crippen LogP contribution in [-0.4, -0.2) is 21.6 Å². The lowest BCUT2D eigenvalue weighted by molar-refractivity contribution is -0.114. The molecule has 2 N–H and O–H groups in total. The van der Waals surface area contributed by atoms with Crippen LogP contribution in [0.3, 0.4) is 0 Å². The topological polar surface area (TPSA) is 76.1 Å². The van der Waals surface area contributed by atoms with Crippen LogP contribution in [0, 0.1) is 23.7 Å². The SMILES string of the molecule is CC(=O)Nc1ccc(OC2C3CC4CC(C3)CC2C4)c(-c2cn(C)c(=O)c3[nH]ccc23)c1. The number of hydrogen-bond acceptors (Lipinski definition) is 3. The second-order valence-electron chi connectivity index (χ2n) is 10.1. The van der Waals surface area contributed by atoms with Crippen molar-refractivity contribution in [3.05, 3.63) is 47.0 Å². The highest BCUT2D eigenvalue weighted by atomic mass is 16.5. The van der Waals surface area contributed by atoms with Crippen LogP contribution < -0.4 is 15.6 Å². The molecule has 0 atom stereocenters. The number of benzene rings is 1. The van der Waals surface area contributed by atoms with Crippen LogP contribution in [0.25, 0.3) is 22.0 Å². The number of pyridine rings is 1. The van der Waals surface area contributed by atoms with E-state index in [4.69, 9.17) is 4.74 Å². The van der Waals surface area contributed by atoms with Gasteiger partial charge in [-0.05, 0) is 80.0 Å². The van der Waals surface area contributed by atoms with Crippen LogP contribution in [0.4, 0.5) is 5.69 Å². The van der Waals surface area contributed by atoms with E-state index in [0.717, 1.165) is 39.8 Å². The zero-order valence-corrected chi connectivity index (χ0v) is 18.6. The monoisotopic (exact) mass is 431 g/mol. The zero-order chi connectivity index (χ0) is 22.0. The molecule has 4 fully saturated rings. The van der Waals surface area contributed by atoms with E-state index in [2.05, 4.69) is 10.3 Å². The Bertz CT molecular complexity index is 1240. The molecule has 0 aliphatic heterocycles. The van der Waals surface area contributed by atoms with Gasteiger partial charge in [-0.3, -0.25) is 9.59 Å². The van der Waals surface area contributed by atoms with Crippen molar-refractivity contribution in [2.45, 2.75) is 45.1 Å². The lowest BCUT2D eigenvalue weighted by Gasteiger charge is -2.53. The molecule has 1 amide bonds. The number of hydrogen-bond donors (Lipinski definition) is 2. The predicted octanol–water partition coefficient (Wildman–Crippen LogP) is 4.70. The number of aryl methyl sites for hydroxylation is 1. The minimum Gasteiger partial charge on any atom is -0.489 e. The summed E-state index contributed by atoms with van der Waals surface area (Å²) in [5.74, 6) is 3.78. The number of nitrogens with zero attached hydrogens (tertiary/aromatic N) is 1. The lowest BCUT2D eigenvalue weighted by atomic mass is 9.55. The summed E-state index contributed by atoms with van der Waals surface area (Å²) in [6.45, 7) is 1.51. The minimum atomic E-state index is -0.113. The molecule has 32 heavy (non-hydrogen) atoms. The number of H-pyrrole nitrogens is 1. The standard InChI is InChI=1S/C26H29N3O3/c1-14(30)28-19-3-4-23(32-25-17-8-15-7-16(10-17)11-18(25)9-15)21(12-19)22-13-29(2)26(31)24-20(22)5-6-27-24/h3-6,12-13,15-18,25,27H,7-11H2,1-2H3,(H,28,30). The van der Waals surface area contributed by atoms with Crippen molar-refractivity contribution >= 4 is 22.5 Å². The van der Waals surface area contributed by atoms with E-state index in [1.54, 1.807) is 17.8 Å². The van der Waals surface area contributed by atoms with Crippen molar-refractivity contribution in [1.29, 1.82) is 0 Å². The van der Waals surface area contributed by atoms with Gasteiger partial charge in [0.25, 0.3) is 5.56 Å². The number of carbonyl (C=O) groups excluding carboxylic acids is 1. The van der Waals surface area contributed by atoms with Gasteiger partial charge in [0.05, 0.1) is 0 Å². The maximum Gasteiger partial charge on any atom is 0.274 e. The highest BCUT2D eigenvalue weighted by Gasteiger charge is 2.49. The Morgan fingerprint density at radius 3 is 2.47 bits per heavy atom. The fourth-order valence-corrected chi connectivity index (χ4v) is 6.82. The molecule has 0 radical (unpaired) electrons. The van der Waals surface area contributed by atoms with E-state index in [1.165, 1.54) is 39.0 Å². The van der Waals surface area contributed by atoms with Gasteiger partial charge in [-0.15, -0.1) is 0 Å². The normalized spacial score (nSPS) is 28.2. The van der Waals surface area contributed by atoms with Crippen molar-refractivity contribution in [3.63, 3.8) is 0 Å². The highest BCUT2D eigenvalue weighted by Crippen LogP contribution is 2.55. The number of anilines is 1. The number of ether oxygens (including phenoxy) is 1. The molecule has 0 spiro atoms. The largest absolute Gasteiger partial charge is 0.489 e. The first-order valence-electron chi connectivity index (χ1n) is 11.7. The molecule has 7 rings (SSSR count). The number of carbonyl (C=O) groups is 1. The van der Waals surface area contributed by atoms with E-state index in [9.17, 15) is 9.59 Å². The minimum absolute atomic E-state index is 0.0599. The molecule has 1 aromatic carbocycles. The smallest absolute Gasteiger partial charge is 0.274 e. The average Bonchev–Trinajstić information content (AvgIpc) is 3.23. The molecule has 4 aliphatic rings. The molecule has 6 nitrogen and oxygen atoms in total. The van der Waals surface area contributed by atoms with Crippen LogP contribution >= 0.6 is 0 Å². The summed E-state index contributed by atoms with van der Waals surface area (Å²) in [6, 6.07) is 7.80. The van der Waals surface area contributed by atoms with Gasteiger partial charge in [-0.2, -0.15) is 0 Å². The van der Waals surface area contributed by atoms with Crippen molar-refractivity contribution in [3.8, 4) is 16.9 Å². The summed E-state index contributed by atoms with van der Waals surface area (Å²) in [6.07, 6.45) is 10.5. The Balaban J connectivity index is 1.45. The number of amides is 1. The van der Waals surface area contributed by atoms with E-state index in [0.29, 0.717) is 17.4 Å². The Hall–Kier alpha value is -3.02. The van der Waals surface area contributed by atoms with Crippen LogP contribution in [0.2, 0.25) is 0 Å². The summed E-state index contributed by atoms with van der Waals surface area (Å²) in [5.41, 5.74) is 3.08. The maximum absolute atomic E-state index is 12.6. The summed E-state index contributed by atoms with van der Waals surface area (Å²) < 4.78 is 8.43. The maximum atomic E-state index is 12.6. The van der Waals surface area contributed by atoms with Crippen LogP contribution in [-0.2, 0) is 11.8 Å². The molecule has 2 aromatic heterocycles. The Morgan fingerprint density at radius 2 is 1.78 bits per heavy atom. The molecule has 6 heteroatoms. The summed E-state index contributed by atoms with van der Waals surface area (Å²) >= 11 is 0. The summed E-state index contributed by atoms with van der Waals surface area (Å²) in [5, 5.41) is 3.76. The average molecular weight is 432 g/mol. The van der Waals surface area contributed by atoms with Crippen molar-refractivity contribution in [1.82, 2.24) is 9.55 Å². The molecule has 3 aromatic rings. The molecule has 4 bridgehead atoms. The van der Waals surface area contributed by atoms with Gasteiger partial charge < -0.3 is 19.6 Å². The van der Waals surface area contributed by atoms with E-state index in [1.807, 2.05) is 30.5 Å². The van der Waals surface area contributed by atoms with Crippen LogP contribution in [0.15, 0.2) is 41.5 Å². The Morgan fingerprint density at radius 1 is 1.06 bits per heavy atom. The molecule has 4 aliphatic carbocycles. The number of rotatable bonds is 4. The molecule has 4 saturated carbocycles. The molecule has 166 valence electrons. The quantitative estimate of drug-likeness (QED) is 0.629. The van der Waals surface area contributed by atoms with Crippen LogP contribution in [0.5, 0.6) is 5.75 Å². The Kier molecular flexibility index (Phi) is 4.46. The van der Waals surface area contributed by atoms with Crippen molar-refractivity contribution in [2.75, 3.05) is 5.32 Å². The third-order valence-corrected chi connectivity index (χ3v) is 7.89. The first-order chi connectivity index (χ1) is 15.5. The highest BCUT2D eigenvalue weighted by molar-refractivity contribution is 5.97. The number of aromatic amines is 1. The summed E-state index contributed by atoms with van der Waals surface area (Å²) in [7, 11) is 1.77. The fourth-order valence-electron chi connectivity index (χ4n) is 6.82. The van der Waals surface area contributed by atoms with Crippen molar-refractivity contribution in [2.24, 2.45) is 30.7 Å². The second kappa shape index (κ2) is 7.26. The molecule has 0 unspecified atom stereocenters. The van der Waals surface area contributed by atoms with Gasteiger partial charge in [0.15, 0.2) is 0 Å². The molecular formula is C26H29N3O3. The first-order valence-corrected chi connectivity index (χ1v) is 11.7. The molecule has 0 saturated heterocycles. The second-order valence-corrected chi connectivity index (χ2v) is 10.1. The van der Waals surface area contributed by atoms with Gasteiger partial charge in [0.2, 0.25) is 5.91 Å². The lowest BCUT2D eigenvalue weighted by Crippen LogP contribution is -2.50. The predicted molar refractivity (Wildman–Crippen MR) is 125 cm³/mol. The third kappa shape index (κ3) is 3.15. The van der Waals surface area contributed by atoms with Gasteiger partial charge >= 0.3 is 0 Å². The molecular weight excluding hydrogens is 402 g/mol.